The van der Waals surface area contributed by atoms with Crippen molar-refractivity contribution in [2.75, 3.05) is 6.26 Å². The molecule has 0 aromatic carbocycles. The lowest BCUT2D eigenvalue weighted by Crippen LogP contribution is -1.68. The predicted molar refractivity (Wildman–Crippen MR) is 33.0 cm³/mol. The molecule has 0 atom stereocenters. The van der Waals surface area contributed by atoms with E-state index >= 15 is 0 Å². The number of rotatable bonds is 1. The van der Waals surface area contributed by atoms with Gasteiger partial charge in [-0.25, -0.2) is 0 Å². The predicted octanol–water partition coefficient (Wildman–Crippen LogP) is 1.70. The molecule has 1 heterocycles. The van der Waals surface area contributed by atoms with E-state index in [-0.39, 0.29) is 0 Å². The van der Waals surface area contributed by atoms with E-state index in [9.17, 15) is 0 Å². The summed E-state index contributed by atoms with van der Waals surface area (Å²) in [5.41, 5.74) is 1.11. The molecule has 8 heavy (non-hydrogen) atoms. The van der Waals surface area contributed by atoms with Crippen molar-refractivity contribution in [1.82, 2.24) is 5.16 Å². The van der Waals surface area contributed by atoms with Crippen LogP contribution in [-0.4, -0.2) is 11.4 Å². The van der Waals surface area contributed by atoms with E-state index in [0.29, 0.717) is 0 Å². The van der Waals surface area contributed by atoms with Gasteiger partial charge in [0.05, 0.1) is 0 Å². The van der Waals surface area contributed by atoms with Crippen LogP contribution in [0.15, 0.2) is 15.8 Å². The number of aryl methyl sites for hydroxylation is 1. The molecule has 2 nitrogen and oxygen atoms in total. The van der Waals surface area contributed by atoms with E-state index in [4.69, 9.17) is 0 Å². The SMILES string of the molecule is CSc1nocc1C. The van der Waals surface area contributed by atoms with Crippen LogP contribution in [0.2, 0.25) is 0 Å². The molecule has 0 aliphatic heterocycles. The third-order valence-corrected chi connectivity index (χ3v) is 1.68. The summed E-state index contributed by atoms with van der Waals surface area (Å²) < 4.78 is 4.67. The molecule has 0 bridgehead atoms. The second-order valence-electron chi connectivity index (χ2n) is 1.51. The minimum absolute atomic E-state index is 0.977. The standard InChI is InChI=1S/C5H7NOS/c1-4-3-7-6-5(4)8-2/h3H,1-2H3. The first-order valence-corrected chi connectivity index (χ1v) is 3.52. The quantitative estimate of drug-likeness (QED) is 0.540. The summed E-state index contributed by atoms with van der Waals surface area (Å²) >= 11 is 1.60. The van der Waals surface area contributed by atoms with Gasteiger partial charge in [-0.15, -0.1) is 11.8 Å². The third-order valence-electron chi connectivity index (χ3n) is 0.896. The lowest BCUT2D eigenvalue weighted by molar-refractivity contribution is 0.404. The summed E-state index contributed by atoms with van der Waals surface area (Å²) in [5, 5.41) is 4.70. The van der Waals surface area contributed by atoms with Crippen molar-refractivity contribution in [2.24, 2.45) is 0 Å². The van der Waals surface area contributed by atoms with Crippen molar-refractivity contribution in [2.45, 2.75) is 11.9 Å². The van der Waals surface area contributed by atoms with Crippen LogP contribution in [0.1, 0.15) is 5.56 Å². The topological polar surface area (TPSA) is 26.0 Å². The summed E-state index contributed by atoms with van der Waals surface area (Å²) in [6.07, 6.45) is 3.62. The molecule has 1 aromatic rings. The lowest BCUT2D eigenvalue weighted by atomic mass is 10.4. The summed E-state index contributed by atoms with van der Waals surface area (Å²) in [6, 6.07) is 0. The monoisotopic (exact) mass is 129 g/mol. The van der Waals surface area contributed by atoms with Crippen molar-refractivity contribution >= 4 is 11.8 Å². The minimum atomic E-state index is 0.977. The van der Waals surface area contributed by atoms with Gasteiger partial charge >= 0.3 is 0 Å². The Labute approximate surface area is 52.2 Å². The maximum absolute atomic E-state index is 4.67. The van der Waals surface area contributed by atoms with Crippen molar-refractivity contribution in [3.8, 4) is 0 Å². The van der Waals surface area contributed by atoms with Crippen LogP contribution in [0.4, 0.5) is 0 Å². The Morgan fingerprint density at radius 1 is 1.75 bits per heavy atom. The van der Waals surface area contributed by atoms with Crippen molar-refractivity contribution in [3.63, 3.8) is 0 Å². The maximum Gasteiger partial charge on any atom is 0.142 e. The Bertz CT molecular complexity index is 173. The molecular weight excluding hydrogens is 122 g/mol. The minimum Gasteiger partial charge on any atom is -0.363 e. The van der Waals surface area contributed by atoms with Gasteiger partial charge in [0.25, 0.3) is 0 Å². The van der Waals surface area contributed by atoms with Crippen LogP contribution in [-0.2, 0) is 0 Å². The van der Waals surface area contributed by atoms with Gasteiger partial charge < -0.3 is 4.52 Å². The first-order chi connectivity index (χ1) is 3.84. The van der Waals surface area contributed by atoms with Gasteiger partial charge in [-0.1, -0.05) is 5.16 Å². The summed E-state index contributed by atoms with van der Waals surface area (Å²) in [5.74, 6) is 0. The van der Waals surface area contributed by atoms with Gasteiger partial charge in [0.1, 0.15) is 11.3 Å². The molecule has 0 saturated heterocycles. The highest BCUT2D eigenvalue weighted by atomic mass is 32.2. The molecule has 0 fully saturated rings. The molecule has 0 spiro atoms. The van der Waals surface area contributed by atoms with Gasteiger partial charge in [-0.05, 0) is 13.2 Å². The number of hydrogen-bond acceptors (Lipinski definition) is 3. The highest BCUT2D eigenvalue weighted by Gasteiger charge is 1.97. The summed E-state index contributed by atoms with van der Waals surface area (Å²) in [6.45, 7) is 1.97. The Kier molecular flexibility index (Phi) is 1.58. The lowest BCUT2D eigenvalue weighted by Gasteiger charge is -1.82. The highest BCUT2D eigenvalue weighted by molar-refractivity contribution is 7.98. The second kappa shape index (κ2) is 2.22. The Morgan fingerprint density at radius 3 is 2.75 bits per heavy atom. The molecule has 0 aliphatic carbocycles. The number of nitrogens with zero attached hydrogens (tertiary/aromatic N) is 1. The molecule has 0 radical (unpaired) electrons. The smallest absolute Gasteiger partial charge is 0.142 e. The number of aromatic nitrogens is 1. The highest BCUT2D eigenvalue weighted by Crippen LogP contribution is 2.15. The van der Waals surface area contributed by atoms with Crippen LogP contribution in [0.25, 0.3) is 0 Å². The molecule has 0 aliphatic rings. The van der Waals surface area contributed by atoms with E-state index in [2.05, 4.69) is 9.68 Å². The van der Waals surface area contributed by atoms with E-state index in [1.807, 2.05) is 13.2 Å². The molecule has 44 valence electrons. The Morgan fingerprint density at radius 2 is 2.50 bits per heavy atom. The van der Waals surface area contributed by atoms with Gasteiger partial charge in [-0.2, -0.15) is 0 Å². The van der Waals surface area contributed by atoms with E-state index in [1.165, 1.54) is 0 Å². The van der Waals surface area contributed by atoms with Crippen molar-refractivity contribution < 1.29 is 4.52 Å². The van der Waals surface area contributed by atoms with E-state index in [1.54, 1.807) is 18.0 Å². The van der Waals surface area contributed by atoms with Crippen molar-refractivity contribution in [3.05, 3.63) is 11.8 Å². The average molecular weight is 129 g/mol. The number of hydrogen-bond donors (Lipinski definition) is 0. The Hall–Kier alpha value is -0.440. The fourth-order valence-corrected chi connectivity index (χ4v) is 0.962. The van der Waals surface area contributed by atoms with Gasteiger partial charge in [0.15, 0.2) is 0 Å². The molecular formula is C5H7NOS. The maximum atomic E-state index is 4.67. The van der Waals surface area contributed by atoms with Crippen LogP contribution in [0, 0.1) is 6.92 Å². The van der Waals surface area contributed by atoms with Crippen molar-refractivity contribution in [1.29, 1.82) is 0 Å². The van der Waals surface area contributed by atoms with Crippen LogP contribution >= 0.6 is 11.8 Å². The van der Waals surface area contributed by atoms with Crippen LogP contribution in [0.3, 0.4) is 0 Å². The zero-order valence-corrected chi connectivity index (χ0v) is 5.66. The zero-order valence-electron chi connectivity index (χ0n) is 4.84. The molecule has 0 amide bonds. The average Bonchev–Trinajstić information content (AvgIpc) is 2.14. The first kappa shape index (κ1) is 5.69. The molecule has 0 N–H and O–H groups in total. The zero-order chi connectivity index (χ0) is 5.98. The van der Waals surface area contributed by atoms with E-state index < -0.39 is 0 Å². The fraction of sp³-hybridized carbons (Fsp3) is 0.400. The fourth-order valence-electron chi connectivity index (χ4n) is 0.474. The van der Waals surface area contributed by atoms with Gasteiger partial charge in [0, 0.05) is 5.56 Å². The largest absolute Gasteiger partial charge is 0.363 e. The number of thioether (sulfide) groups is 1. The molecule has 0 saturated carbocycles. The molecule has 1 aromatic heterocycles. The third kappa shape index (κ3) is 0.865. The van der Waals surface area contributed by atoms with Crippen LogP contribution < -0.4 is 0 Å². The summed E-state index contributed by atoms with van der Waals surface area (Å²) in [4.78, 5) is 0. The normalized spacial score (nSPS) is 9.75. The molecule has 1 rings (SSSR count). The molecule has 3 heteroatoms. The second-order valence-corrected chi connectivity index (χ2v) is 2.30. The Balaban J connectivity index is 2.92. The first-order valence-electron chi connectivity index (χ1n) is 2.29. The summed E-state index contributed by atoms with van der Waals surface area (Å²) in [7, 11) is 0. The van der Waals surface area contributed by atoms with E-state index in [0.717, 1.165) is 10.6 Å². The van der Waals surface area contributed by atoms with Gasteiger partial charge in [-0.3, -0.25) is 0 Å². The van der Waals surface area contributed by atoms with Gasteiger partial charge in [0.2, 0.25) is 0 Å². The molecule has 0 unspecified atom stereocenters. The van der Waals surface area contributed by atoms with Crippen LogP contribution in [0.5, 0.6) is 0 Å².